The molecule has 1 aromatic heterocycles. The third-order valence-electron chi connectivity index (χ3n) is 4.36. The number of benzene rings is 3. The summed E-state index contributed by atoms with van der Waals surface area (Å²) >= 11 is 0. The fraction of sp³-hybridized carbons (Fsp3) is 0.0435. The van der Waals surface area contributed by atoms with Gasteiger partial charge in [0.2, 0.25) is 11.0 Å². The van der Waals surface area contributed by atoms with Crippen LogP contribution >= 0.6 is 0 Å². The molecule has 0 atom stereocenters. The lowest BCUT2D eigenvalue weighted by Gasteiger charge is -2.17. The molecule has 32 heavy (non-hydrogen) atoms. The van der Waals surface area contributed by atoms with Crippen molar-refractivity contribution in [1.82, 2.24) is 0 Å². The molecule has 0 aliphatic carbocycles. The van der Waals surface area contributed by atoms with E-state index in [4.69, 9.17) is 23.1 Å². The Morgan fingerprint density at radius 3 is 2.25 bits per heavy atom. The molecule has 0 amide bonds. The zero-order chi connectivity index (χ0) is 23.3. The lowest BCUT2D eigenvalue weighted by molar-refractivity contribution is -2.00. The van der Waals surface area contributed by atoms with E-state index < -0.39 is 10.2 Å². The summed E-state index contributed by atoms with van der Waals surface area (Å²) in [5.74, 6) is 0.874. The minimum Gasteiger partial charge on any atom is -0.508 e. The van der Waals surface area contributed by atoms with Crippen molar-refractivity contribution in [1.29, 1.82) is 0 Å². The second kappa shape index (κ2) is 9.73. The fourth-order valence-corrected chi connectivity index (χ4v) is 2.99. The highest BCUT2D eigenvalue weighted by Crippen LogP contribution is 2.23. The van der Waals surface area contributed by atoms with Gasteiger partial charge in [-0.1, -0.05) is 42.5 Å². The number of ketones is 1. The van der Waals surface area contributed by atoms with E-state index in [0.717, 1.165) is 22.0 Å². The number of carbonyl (C=O) groups excluding carboxylic acids is 1. The van der Waals surface area contributed by atoms with Gasteiger partial charge in [-0.15, -0.1) is 10.2 Å². The minimum atomic E-state index is -4.94. The van der Waals surface area contributed by atoms with Crippen molar-refractivity contribution in [2.45, 2.75) is 6.92 Å². The quantitative estimate of drug-likeness (QED) is 0.358. The van der Waals surface area contributed by atoms with Crippen molar-refractivity contribution in [2.24, 2.45) is 0 Å². The summed E-state index contributed by atoms with van der Waals surface area (Å²) in [7, 11) is -4.94. The van der Waals surface area contributed by atoms with Crippen molar-refractivity contribution in [3.63, 3.8) is 0 Å². The number of aromatic hydroxyl groups is 1. The van der Waals surface area contributed by atoms with Crippen molar-refractivity contribution in [3.8, 4) is 17.1 Å². The molecule has 0 fully saturated rings. The molecule has 0 bridgehead atoms. The Hall–Kier alpha value is -3.53. The second-order valence-electron chi connectivity index (χ2n) is 6.71. The second-order valence-corrected chi connectivity index (χ2v) is 7.47. The first-order valence-electron chi connectivity index (χ1n) is 9.25. The summed E-state index contributed by atoms with van der Waals surface area (Å²) in [5.41, 5.74) is 3.03. The number of halogens is 1. The van der Waals surface area contributed by atoms with Crippen LogP contribution in [0.2, 0.25) is 0 Å². The Labute approximate surface area is 184 Å². The summed E-state index contributed by atoms with van der Waals surface area (Å²) in [6.07, 6.45) is 0. The largest absolute Gasteiger partial charge is 0.508 e. The Bertz CT molecular complexity index is 1310. The van der Waals surface area contributed by atoms with Crippen molar-refractivity contribution >= 4 is 22.4 Å². The Balaban J connectivity index is 0.000000523. The third kappa shape index (κ3) is 6.48. The molecule has 0 aliphatic heterocycles. The van der Waals surface area contributed by atoms with Crippen LogP contribution in [0.25, 0.3) is 22.3 Å². The average Bonchev–Trinajstić information content (AvgIpc) is 2.73. The lowest BCUT2D eigenvalue weighted by Crippen LogP contribution is -2.70. The van der Waals surface area contributed by atoms with Gasteiger partial charge in [-0.25, -0.2) is 23.6 Å². The number of hydrogen-bond acceptors (Lipinski definition) is 7. The Morgan fingerprint density at radius 2 is 1.59 bits per heavy atom. The zero-order valence-electron chi connectivity index (χ0n) is 16.8. The monoisotopic (exact) mass is 455 g/mol. The van der Waals surface area contributed by atoms with Gasteiger partial charge in [-0.3, -0.25) is 4.79 Å². The molecule has 0 radical (unpaired) electrons. The van der Waals surface area contributed by atoms with Gasteiger partial charge in [-0.2, -0.15) is 0 Å². The van der Waals surface area contributed by atoms with Crippen molar-refractivity contribution in [3.05, 3.63) is 89.8 Å². The van der Waals surface area contributed by atoms with Crippen LogP contribution < -0.4 is 29.0 Å². The van der Waals surface area contributed by atoms with Crippen LogP contribution in [0.4, 0.5) is 5.69 Å². The van der Waals surface area contributed by atoms with Crippen molar-refractivity contribution in [2.75, 3.05) is 0 Å². The van der Waals surface area contributed by atoms with E-state index in [-0.39, 0.29) is 11.5 Å². The van der Waals surface area contributed by atoms with Gasteiger partial charge >= 0.3 is 0 Å². The number of phenols is 1. The first-order chi connectivity index (χ1) is 15.1. The highest BCUT2D eigenvalue weighted by molar-refractivity contribution is 5.94. The molecule has 2 N–H and O–H groups in total. The minimum absolute atomic E-state index is 0.00851. The molecule has 4 rings (SSSR count). The molecule has 0 unspecified atom stereocenters. The molecule has 164 valence electrons. The van der Waals surface area contributed by atoms with Gasteiger partial charge in [0, 0.05) is 23.3 Å². The molecular weight excluding hydrogens is 438 g/mol. The van der Waals surface area contributed by atoms with Gasteiger partial charge in [0.25, 0.3) is 0 Å². The number of hydrogen-bond donors (Lipinski definition) is 2. The SMILES string of the molecule is CC(=O)c1cccc([NH+]=c2cc(-c3ccccc3)oc3ccc(O)cc23)c1.[O-][Cl+3]([O-])([O-])[O-]. The van der Waals surface area contributed by atoms with Crippen LogP contribution in [0.1, 0.15) is 17.3 Å². The first-order valence-corrected chi connectivity index (χ1v) is 10.5. The van der Waals surface area contributed by atoms with Crippen LogP contribution in [-0.4, -0.2) is 10.9 Å². The standard InChI is InChI=1S/C23H17NO3.ClHO4/c1-15(25)17-8-5-9-18(12-17)24-21-14-23(16-6-3-2-4-7-16)27-22-11-10-19(26)13-20(21)22;2-1(3,4)5/h2-14,26H,1H3;(H,2,3,4,5). The molecule has 9 heteroatoms. The molecule has 0 saturated carbocycles. The van der Waals surface area contributed by atoms with Gasteiger partial charge in [0.15, 0.2) is 5.78 Å². The number of fused-ring (bicyclic) bond motifs is 1. The van der Waals surface area contributed by atoms with Crippen molar-refractivity contribution < 1.29 is 48.2 Å². The predicted molar refractivity (Wildman–Crippen MR) is 104 cm³/mol. The smallest absolute Gasteiger partial charge is 0.218 e. The summed E-state index contributed by atoms with van der Waals surface area (Å²) in [6, 6.07) is 24.0. The molecular formula is C23H18ClNO7. The van der Waals surface area contributed by atoms with Crippen LogP contribution in [0.15, 0.2) is 83.3 Å². The van der Waals surface area contributed by atoms with Gasteiger partial charge in [0.05, 0.1) is 11.5 Å². The summed E-state index contributed by atoms with van der Waals surface area (Å²) in [4.78, 5) is 15.0. The molecule has 0 spiro atoms. The first kappa shape index (κ1) is 23.1. The highest BCUT2D eigenvalue weighted by atomic mass is 35.7. The number of carbonyl (C=O) groups is 1. The highest BCUT2D eigenvalue weighted by Gasteiger charge is 2.11. The van der Waals surface area contributed by atoms with E-state index in [1.54, 1.807) is 31.2 Å². The zero-order valence-corrected chi connectivity index (χ0v) is 17.5. The molecule has 0 aliphatic rings. The maximum atomic E-state index is 11.7. The van der Waals surface area contributed by atoms with E-state index in [9.17, 15) is 9.90 Å². The van der Waals surface area contributed by atoms with Crippen LogP contribution in [-0.2, 0) is 0 Å². The molecule has 3 aromatic carbocycles. The van der Waals surface area contributed by atoms with Crippen LogP contribution in [0, 0.1) is 10.2 Å². The van der Waals surface area contributed by atoms with Gasteiger partial charge in [-0.05, 0) is 25.1 Å². The third-order valence-corrected chi connectivity index (χ3v) is 4.36. The molecule has 0 saturated heterocycles. The van der Waals surface area contributed by atoms with Gasteiger partial charge < -0.3 is 9.52 Å². The Morgan fingerprint density at radius 1 is 0.906 bits per heavy atom. The number of phenolic OH excluding ortho intramolecular Hbond substituents is 1. The number of rotatable bonds is 3. The lowest BCUT2D eigenvalue weighted by atomic mass is 10.1. The maximum absolute atomic E-state index is 11.7. The topological polar surface area (TPSA) is 157 Å². The predicted octanol–water partition coefficient (Wildman–Crippen LogP) is -1.43. The van der Waals surface area contributed by atoms with E-state index in [1.807, 2.05) is 54.6 Å². The van der Waals surface area contributed by atoms with E-state index in [2.05, 4.69) is 4.99 Å². The number of Topliss-reactive ketones (excluding diaryl/α,β-unsaturated/α-hetero) is 1. The summed E-state index contributed by atoms with van der Waals surface area (Å²) in [6.45, 7) is 1.54. The summed E-state index contributed by atoms with van der Waals surface area (Å²) in [5, 5.41) is 11.4. The van der Waals surface area contributed by atoms with E-state index >= 15 is 0 Å². The maximum Gasteiger partial charge on any atom is 0.218 e. The number of nitrogens with one attached hydrogen (secondary N) is 1. The average molecular weight is 456 g/mol. The molecule has 1 heterocycles. The Kier molecular flexibility index (Phi) is 7.04. The van der Waals surface area contributed by atoms with Crippen LogP contribution in [0.5, 0.6) is 5.75 Å². The normalized spacial score (nSPS) is 11.7. The summed E-state index contributed by atoms with van der Waals surface area (Å²) < 4.78 is 40.0. The van der Waals surface area contributed by atoms with Gasteiger partial charge in [0.1, 0.15) is 17.1 Å². The van der Waals surface area contributed by atoms with E-state index in [1.165, 1.54) is 0 Å². The van der Waals surface area contributed by atoms with E-state index in [0.29, 0.717) is 16.9 Å². The fourth-order valence-electron chi connectivity index (χ4n) is 2.99. The molecule has 4 aromatic rings. The molecule has 8 nitrogen and oxygen atoms in total. The van der Waals surface area contributed by atoms with Crippen LogP contribution in [0.3, 0.4) is 0 Å².